The van der Waals surface area contributed by atoms with Gasteiger partial charge in [-0.2, -0.15) is 0 Å². The summed E-state index contributed by atoms with van der Waals surface area (Å²) in [5, 5.41) is 4.70. The van der Waals surface area contributed by atoms with Crippen LogP contribution in [0, 0.1) is 5.92 Å². The lowest BCUT2D eigenvalue weighted by molar-refractivity contribution is 0.318. The van der Waals surface area contributed by atoms with Crippen LogP contribution in [0.5, 0.6) is 0 Å². The van der Waals surface area contributed by atoms with Crippen molar-refractivity contribution in [3.05, 3.63) is 15.6 Å². The largest absolute Gasteiger partial charge is 0.315 e. The Hall–Kier alpha value is -0.410. The zero-order valence-corrected chi connectivity index (χ0v) is 14.6. The second kappa shape index (κ2) is 6.57. The van der Waals surface area contributed by atoms with Crippen LogP contribution in [0.4, 0.5) is 0 Å². The summed E-state index contributed by atoms with van der Waals surface area (Å²) in [6.07, 6.45) is 6.83. The number of rotatable bonds is 4. The highest BCUT2D eigenvalue weighted by Gasteiger charge is 2.28. The molecule has 1 aliphatic rings. The Kier molecular flexibility index (Phi) is 5.25. The SMILES string of the molecule is CCC1CCC(c2nc(C(C)(C)C)c(CNC)s2)CC1. The van der Waals surface area contributed by atoms with E-state index >= 15 is 0 Å². The molecular formula is C17H30N2S. The van der Waals surface area contributed by atoms with Gasteiger partial charge in [-0.3, -0.25) is 0 Å². The fourth-order valence-electron chi connectivity index (χ4n) is 3.23. The smallest absolute Gasteiger partial charge is 0.0962 e. The van der Waals surface area contributed by atoms with Crippen LogP contribution >= 0.6 is 11.3 Å². The van der Waals surface area contributed by atoms with Gasteiger partial charge in [-0.25, -0.2) is 4.98 Å². The Labute approximate surface area is 128 Å². The zero-order chi connectivity index (χ0) is 14.8. The van der Waals surface area contributed by atoms with Gasteiger partial charge in [0.25, 0.3) is 0 Å². The van der Waals surface area contributed by atoms with E-state index in [0.717, 1.165) is 18.4 Å². The quantitative estimate of drug-likeness (QED) is 0.859. The first-order valence-corrected chi connectivity index (χ1v) is 8.92. The minimum Gasteiger partial charge on any atom is -0.315 e. The van der Waals surface area contributed by atoms with Crippen molar-refractivity contribution < 1.29 is 0 Å². The van der Waals surface area contributed by atoms with Gasteiger partial charge in [0.15, 0.2) is 0 Å². The van der Waals surface area contributed by atoms with E-state index in [-0.39, 0.29) is 5.41 Å². The van der Waals surface area contributed by atoms with Gasteiger partial charge in [-0.1, -0.05) is 34.1 Å². The highest BCUT2D eigenvalue weighted by molar-refractivity contribution is 7.11. The maximum absolute atomic E-state index is 5.05. The topological polar surface area (TPSA) is 24.9 Å². The van der Waals surface area contributed by atoms with E-state index in [1.54, 1.807) is 0 Å². The van der Waals surface area contributed by atoms with Crippen molar-refractivity contribution in [1.29, 1.82) is 0 Å². The summed E-state index contributed by atoms with van der Waals surface area (Å²) in [5.74, 6) is 1.68. The molecule has 1 saturated carbocycles. The lowest BCUT2D eigenvalue weighted by Crippen LogP contribution is -2.17. The van der Waals surface area contributed by atoms with Gasteiger partial charge in [0, 0.05) is 22.8 Å². The molecule has 0 radical (unpaired) electrons. The molecule has 0 spiro atoms. The molecule has 2 nitrogen and oxygen atoms in total. The second-order valence-electron chi connectivity index (χ2n) is 7.23. The van der Waals surface area contributed by atoms with Crippen LogP contribution in [0.15, 0.2) is 0 Å². The van der Waals surface area contributed by atoms with Crippen LogP contribution in [0.3, 0.4) is 0 Å². The van der Waals surface area contributed by atoms with Gasteiger partial charge < -0.3 is 5.32 Å². The minimum absolute atomic E-state index is 0.154. The Balaban J connectivity index is 2.17. The third-order valence-corrected chi connectivity index (χ3v) is 5.75. The molecule has 1 fully saturated rings. The van der Waals surface area contributed by atoms with Gasteiger partial charge in [-0.15, -0.1) is 11.3 Å². The van der Waals surface area contributed by atoms with Crippen LogP contribution < -0.4 is 5.32 Å². The molecule has 1 aromatic rings. The summed E-state index contributed by atoms with van der Waals surface area (Å²) in [6.45, 7) is 10.1. The lowest BCUT2D eigenvalue weighted by Gasteiger charge is -2.26. The average Bonchev–Trinajstić information content (AvgIpc) is 2.83. The van der Waals surface area contributed by atoms with Crippen molar-refractivity contribution in [2.45, 2.75) is 77.7 Å². The third kappa shape index (κ3) is 3.62. The monoisotopic (exact) mass is 294 g/mol. The number of thiazole rings is 1. The van der Waals surface area contributed by atoms with E-state index in [1.165, 1.54) is 47.7 Å². The summed E-state index contributed by atoms with van der Waals surface area (Å²) in [4.78, 5) is 6.49. The maximum Gasteiger partial charge on any atom is 0.0962 e. The molecular weight excluding hydrogens is 264 g/mol. The molecule has 0 bridgehead atoms. The first-order chi connectivity index (χ1) is 9.45. The van der Waals surface area contributed by atoms with E-state index in [4.69, 9.17) is 4.98 Å². The van der Waals surface area contributed by atoms with Gasteiger partial charge in [-0.05, 0) is 38.6 Å². The van der Waals surface area contributed by atoms with Crippen LogP contribution in [0.25, 0.3) is 0 Å². The van der Waals surface area contributed by atoms with E-state index in [2.05, 4.69) is 33.0 Å². The predicted molar refractivity (Wildman–Crippen MR) is 88.6 cm³/mol. The van der Waals surface area contributed by atoms with E-state index in [1.807, 2.05) is 18.4 Å². The van der Waals surface area contributed by atoms with E-state index < -0.39 is 0 Å². The van der Waals surface area contributed by atoms with Crippen LogP contribution in [0.2, 0.25) is 0 Å². The van der Waals surface area contributed by atoms with Crippen molar-refractivity contribution in [3.8, 4) is 0 Å². The summed E-state index contributed by atoms with van der Waals surface area (Å²) in [7, 11) is 2.03. The Morgan fingerprint density at radius 2 is 1.85 bits per heavy atom. The minimum atomic E-state index is 0.154. The average molecular weight is 295 g/mol. The molecule has 1 heterocycles. The molecule has 0 amide bonds. The van der Waals surface area contributed by atoms with E-state index in [0.29, 0.717) is 0 Å². The van der Waals surface area contributed by atoms with Crippen LogP contribution in [-0.4, -0.2) is 12.0 Å². The first kappa shape index (κ1) is 16.0. The molecule has 1 N–H and O–H groups in total. The lowest BCUT2D eigenvalue weighted by atomic mass is 9.81. The molecule has 1 aromatic heterocycles. The molecule has 2 rings (SSSR count). The number of hydrogen-bond acceptors (Lipinski definition) is 3. The zero-order valence-electron chi connectivity index (χ0n) is 13.8. The van der Waals surface area contributed by atoms with Crippen molar-refractivity contribution in [2.24, 2.45) is 5.92 Å². The van der Waals surface area contributed by atoms with E-state index in [9.17, 15) is 0 Å². The summed E-state index contributed by atoms with van der Waals surface area (Å²) >= 11 is 1.95. The van der Waals surface area contributed by atoms with Crippen molar-refractivity contribution >= 4 is 11.3 Å². The standard InChI is InChI=1S/C17H30N2S/c1-6-12-7-9-13(10-8-12)16-19-15(17(2,3)4)14(20-16)11-18-5/h12-13,18H,6-11H2,1-5H3. The summed E-state index contributed by atoms with van der Waals surface area (Å²) in [6, 6.07) is 0. The Morgan fingerprint density at radius 3 is 2.35 bits per heavy atom. The Bertz CT molecular complexity index is 423. The molecule has 1 aliphatic carbocycles. The van der Waals surface area contributed by atoms with Crippen molar-refractivity contribution in [2.75, 3.05) is 7.05 Å². The number of aromatic nitrogens is 1. The predicted octanol–water partition coefficient (Wildman–Crippen LogP) is 4.84. The van der Waals surface area contributed by atoms with Gasteiger partial charge in [0.05, 0.1) is 10.7 Å². The first-order valence-electron chi connectivity index (χ1n) is 8.10. The molecule has 0 saturated heterocycles. The number of nitrogens with one attached hydrogen (secondary N) is 1. The summed E-state index contributed by atoms with van der Waals surface area (Å²) < 4.78 is 0. The molecule has 114 valence electrons. The number of hydrogen-bond donors (Lipinski definition) is 1. The summed E-state index contributed by atoms with van der Waals surface area (Å²) in [5.41, 5.74) is 1.46. The highest BCUT2D eigenvalue weighted by Crippen LogP contribution is 2.40. The Morgan fingerprint density at radius 1 is 1.20 bits per heavy atom. The molecule has 0 atom stereocenters. The fraction of sp³-hybridized carbons (Fsp3) is 0.824. The normalized spacial score (nSPS) is 24.1. The number of nitrogens with zero attached hydrogens (tertiary/aromatic N) is 1. The van der Waals surface area contributed by atoms with Gasteiger partial charge in [0.2, 0.25) is 0 Å². The van der Waals surface area contributed by atoms with Crippen molar-refractivity contribution in [1.82, 2.24) is 10.3 Å². The van der Waals surface area contributed by atoms with Crippen molar-refractivity contribution in [3.63, 3.8) is 0 Å². The van der Waals surface area contributed by atoms with Gasteiger partial charge >= 0.3 is 0 Å². The molecule has 0 aromatic carbocycles. The highest BCUT2D eigenvalue weighted by atomic mass is 32.1. The molecule has 0 aliphatic heterocycles. The molecule has 20 heavy (non-hydrogen) atoms. The fourth-order valence-corrected chi connectivity index (χ4v) is 4.69. The maximum atomic E-state index is 5.05. The molecule has 3 heteroatoms. The third-order valence-electron chi connectivity index (χ3n) is 4.53. The van der Waals surface area contributed by atoms with Gasteiger partial charge in [0.1, 0.15) is 0 Å². The molecule has 0 unspecified atom stereocenters. The second-order valence-corrected chi connectivity index (χ2v) is 8.35. The van der Waals surface area contributed by atoms with Crippen LogP contribution in [0.1, 0.15) is 81.3 Å². The van der Waals surface area contributed by atoms with Crippen LogP contribution in [-0.2, 0) is 12.0 Å².